The summed E-state index contributed by atoms with van der Waals surface area (Å²) in [4.78, 5) is 4.23. The Kier molecular flexibility index (Phi) is 7.95. The van der Waals surface area contributed by atoms with Gasteiger partial charge >= 0.3 is 0 Å². The van der Waals surface area contributed by atoms with Gasteiger partial charge < -0.3 is 5.32 Å². The van der Waals surface area contributed by atoms with Crippen molar-refractivity contribution >= 4 is 27.7 Å². The summed E-state index contributed by atoms with van der Waals surface area (Å²) in [7, 11) is 0. The molecule has 2 unspecified atom stereocenters. The van der Waals surface area contributed by atoms with E-state index in [1.54, 1.807) is 0 Å². The van der Waals surface area contributed by atoms with Crippen LogP contribution in [0.1, 0.15) is 32.8 Å². The van der Waals surface area contributed by atoms with Gasteiger partial charge in [-0.3, -0.25) is 4.98 Å². The van der Waals surface area contributed by atoms with Gasteiger partial charge in [0.2, 0.25) is 0 Å². The predicted molar refractivity (Wildman–Crippen MR) is 85.3 cm³/mol. The molecule has 0 aliphatic heterocycles. The standard InChI is InChI=1S/C14H23BrN2S/c1-4-11(3)18-10-14(17-5-2)7-12-6-13(15)9-16-8-12/h6,8-9,11,14,17H,4-5,7,10H2,1-3H3. The van der Waals surface area contributed by atoms with Crippen molar-refractivity contribution in [2.45, 2.75) is 44.9 Å². The summed E-state index contributed by atoms with van der Waals surface area (Å²) in [5.74, 6) is 1.16. The summed E-state index contributed by atoms with van der Waals surface area (Å²) in [6.07, 6.45) is 6.08. The molecule has 0 spiro atoms. The van der Waals surface area contributed by atoms with Gasteiger partial charge in [0.25, 0.3) is 0 Å². The summed E-state index contributed by atoms with van der Waals surface area (Å²) in [6.45, 7) is 7.74. The van der Waals surface area contributed by atoms with Crippen LogP contribution in [0.25, 0.3) is 0 Å². The lowest BCUT2D eigenvalue weighted by molar-refractivity contribution is 0.571. The molecule has 0 saturated carbocycles. The van der Waals surface area contributed by atoms with Crippen LogP contribution in [-0.2, 0) is 6.42 Å². The van der Waals surface area contributed by atoms with Crippen molar-refractivity contribution in [2.75, 3.05) is 12.3 Å². The van der Waals surface area contributed by atoms with Crippen LogP contribution in [0.15, 0.2) is 22.9 Å². The number of pyridine rings is 1. The van der Waals surface area contributed by atoms with E-state index in [2.05, 4.69) is 64.8 Å². The third-order valence-corrected chi connectivity index (χ3v) is 4.82. The molecule has 0 fully saturated rings. The monoisotopic (exact) mass is 330 g/mol. The van der Waals surface area contributed by atoms with Crippen LogP contribution in [0.3, 0.4) is 0 Å². The Morgan fingerprint density at radius 2 is 2.17 bits per heavy atom. The Bertz CT molecular complexity index is 346. The van der Waals surface area contributed by atoms with E-state index in [0.717, 1.165) is 28.4 Å². The Morgan fingerprint density at radius 3 is 2.78 bits per heavy atom. The minimum absolute atomic E-state index is 0.533. The highest BCUT2D eigenvalue weighted by molar-refractivity contribution is 9.10. The van der Waals surface area contributed by atoms with Crippen molar-refractivity contribution in [2.24, 2.45) is 0 Å². The lowest BCUT2D eigenvalue weighted by Crippen LogP contribution is -2.33. The molecule has 0 aromatic carbocycles. The number of hydrogen-bond acceptors (Lipinski definition) is 3. The Morgan fingerprint density at radius 1 is 1.39 bits per heavy atom. The van der Waals surface area contributed by atoms with E-state index >= 15 is 0 Å². The molecule has 1 N–H and O–H groups in total. The molecule has 4 heteroatoms. The first kappa shape index (κ1) is 16.0. The Labute approximate surface area is 123 Å². The minimum Gasteiger partial charge on any atom is -0.313 e. The fraction of sp³-hybridized carbons (Fsp3) is 0.643. The predicted octanol–water partition coefficient (Wildman–Crippen LogP) is 3.90. The van der Waals surface area contributed by atoms with E-state index in [9.17, 15) is 0 Å². The van der Waals surface area contributed by atoms with Crippen LogP contribution in [0, 0.1) is 0 Å². The molecule has 1 aromatic rings. The van der Waals surface area contributed by atoms with E-state index in [0.29, 0.717) is 6.04 Å². The first-order valence-electron chi connectivity index (χ1n) is 6.60. The molecule has 2 nitrogen and oxygen atoms in total. The van der Waals surface area contributed by atoms with Crippen LogP contribution in [-0.4, -0.2) is 28.6 Å². The number of aromatic nitrogens is 1. The number of nitrogens with one attached hydrogen (secondary N) is 1. The fourth-order valence-corrected chi connectivity index (χ4v) is 3.17. The number of nitrogens with zero attached hydrogens (tertiary/aromatic N) is 1. The first-order chi connectivity index (χ1) is 8.65. The molecule has 1 heterocycles. The van der Waals surface area contributed by atoms with Gasteiger partial charge in [0.15, 0.2) is 0 Å². The molecule has 1 rings (SSSR count). The second-order valence-corrected chi connectivity index (χ2v) is 6.91. The maximum absolute atomic E-state index is 4.23. The number of likely N-dealkylation sites (N-methyl/N-ethyl adjacent to an activating group) is 1. The summed E-state index contributed by atoms with van der Waals surface area (Å²) in [5.41, 5.74) is 1.29. The van der Waals surface area contributed by atoms with E-state index in [-0.39, 0.29) is 0 Å². The van der Waals surface area contributed by atoms with Crippen LogP contribution in [0.5, 0.6) is 0 Å². The summed E-state index contributed by atoms with van der Waals surface area (Å²) in [5, 5.41) is 4.31. The molecule has 0 aliphatic rings. The molecule has 1 aromatic heterocycles. The normalized spacial score (nSPS) is 14.4. The molecule has 0 bridgehead atoms. The summed E-state index contributed by atoms with van der Waals surface area (Å²) >= 11 is 5.53. The highest BCUT2D eigenvalue weighted by atomic mass is 79.9. The maximum Gasteiger partial charge on any atom is 0.0410 e. The molecular formula is C14H23BrN2S. The average Bonchev–Trinajstić information content (AvgIpc) is 2.36. The zero-order valence-electron chi connectivity index (χ0n) is 11.4. The van der Waals surface area contributed by atoms with Gasteiger partial charge in [-0.05, 0) is 46.9 Å². The van der Waals surface area contributed by atoms with Crippen molar-refractivity contribution < 1.29 is 0 Å². The van der Waals surface area contributed by atoms with Gasteiger partial charge in [0, 0.05) is 33.9 Å². The number of rotatable bonds is 8. The van der Waals surface area contributed by atoms with Gasteiger partial charge in [0.1, 0.15) is 0 Å². The number of hydrogen-bond donors (Lipinski definition) is 1. The van der Waals surface area contributed by atoms with Crippen molar-refractivity contribution in [1.82, 2.24) is 10.3 Å². The van der Waals surface area contributed by atoms with Crippen molar-refractivity contribution in [1.29, 1.82) is 0 Å². The van der Waals surface area contributed by atoms with E-state index in [1.807, 2.05) is 12.4 Å². The van der Waals surface area contributed by atoms with Gasteiger partial charge in [-0.2, -0.15) is 11.8 Å². The quantitative estimate of drug-likeness (QED) is 0.782. The molecule has 102 valence electrons. The van der Waals surface area contributed by atoms with Gasteiger partial charge in [-0.25, -0.2) is 0 Å². The fourth-order valence-electron chi connectivity index (χ4n) is 1.73. The van der Waals surface area contributed by atoms with Crippen molar-refractivity contribution in [3.8, 4) is 0 Å². The van der Waals surface area contributed by atoms with Crippen molar-refractivity contribution in [3.63, 3.8) is 0 Å². The van der Waals surface area contributed by atoms with Gasteiger partial charge in [0.05, 0.1) is 0 Å². The highest BCUT2D eigenvalue weighted by Gasteiger charge is 2.11. The first-order valence-corrected chi connectivity index (χ1v) is 8.44. The SMILES string of the molecule is CCNC(CSC(C)CC)Cc1cncc(Br)c1. The molecular weight excluding hydrogens is 308 g/mol. The maximum atomic E-state index is 4.23. The molecule has 0 saturated heterocycles. The average molecular weight is 331 g/mol. The van der Waals surface area contributed by atoms with Gasteiger partial charge in [-0.15, -0.1) is 0 Å². The third kappa shape index (κ3) is 6.21. The Hall–Kier alpha value is -0.0600. The Balaban J connectivity index is 2.51. The number of halogens is 1. The lowest BCUT2D eigenvalue weighted by atomic mass is 10.1. The molecule has 0 aliphatic carbocycles. The van der Waals surface area contributed by atoms with Crippen molar-refractivity contribution in [3.05, 3.63) is 28.5 Å². The van der Waals surface area contributed by atoms with Crippen LogP contribution < -0.4 is 5.32 Å². The van der Waals surface area contributed by atoms with Crippen LogP contribution >= 0.6 is 27.7 Å². The molecule has 0 radical (unpaired) electrons. The zero-order valence-corrected chi connectivity index (χ0v) is 13.9. The van der Waals surface area contributed by atoms with E-state index in [1.165, 1.54) is 12.0 Å². The van der Waals surface area contributed by atoms with E-state index in [4.69, 9.17) is 0 Å². The minimum atomic E-state index is 0.533. The molecule has 18 heavy (non-hydrogen) atoms. The third-order valence-electron chi connectivity index (χ3n) is 2.89. The molecule has 2 atom stereocenters. The summed E-state index contributed by atoms with van der Waals surface area (Å²) in [6, 6.07) is 2.69. The second kappa shape index (κ2) is 8.94. The molecule has 0 amide bonds. The largest absolute Gasteiger partial charge is 0.313 e. The van der Waals surface area contributed by atoms with E-state index < -0.39 is 0 Å². The number of thioether (sulfide) groups is 1. The smallest absolute Gasteiger partial charge is 0.0410 e. The topological polar surface area (TPSA) is 24.9 Å². The van der Waals surface area contributed by atoms with Crippen LogP contribution in [0.4, 0.5) is 0 Å². The summed E-state index contributed by atoms with van der Waals surface area (Å²) < 4.78 is 1.06. The van der Waals surface area contributed by atoms with Gasteiger partial charge in [-0.1, -0.05) is 20.8 Å². The van der Waals surface area contributed by atoms with Crippen LogP contribution in [0.2, 0.25) is 0 Å². The zero-order chi connectivity index (χ0) is 13.4. The highest BCUT2D eigenvalue weighted by Crippen LogP contribution is 2.17. The lowest BCUT2D eigenvalue weighted by Gasteiger charge is -2.19. The second-order valence-electron chi connectivity index (χ2n) is 4.52.